The van der Waals surface area contributed by atoms with E-state index in [4.69, 9.17) is 5.26 Å². The molecule has 0 bridgehead atoms. The molecule has 0 saturated carbocycles. The number of aromatic nitrogens is 4. The van der Waals surface area contributed by atoms with Gasteiger partial charge in [0.25, 0.3) is 5.91 Å². The Morgan fingerprint density at radius 3 is 2.79 bits per heavy atom. The van der Waals surface area contributed by atoms with Crippen molar-refractivity contribution in [2.75, 3.05) is 6.54 Å². The summed E-state index contributed by atoms with van der Waals surface area (Å²) in [4.78, 5) is 28.8. The fraction of sp³-hybridized carbons (Fsp3) is 0.100. The van der Waals surface area contributed by atoms with E-state index in [0.717, 1.165) is 16.5 Å². The van der Waals surface area contributed by atoms with Gasteiger partial charge in [-0.05, 0) is 29.8 Å². The number of halogens is 1. The SMILES string of the molecule is N#CCN(Cc1ccc(F)cc1)C(=O)c1cc(-c2ncnc3[nH]ccc23)c[nH]1. The number of amides is 1. The first-order valence-electron chi connectivity index (χ1n) is 8.53. The third kappa shape index (κ3) is 3.33. The average Bonchev–Trinajstić information content (AvgIpc) is 3.38. The second kappa shape index (κ2) is 7.32. The number of rotatable bonds is 5. The largest absolute Gasteiger partial charge is 0.357 e. The lowest BCUT2D eigenvalue weighted by Crippen LogP contribution is -2.31. The molecule has 0 aliphatic heterocycles. The number of fused-ring (bicyclic) bond motifs is 1. The molecule has 4 rings (SSSR count). The Balaban J connectivity index is 1.61. The van der Waals surface area contributed by atoms with E-state index in [1.807, 2.05) is 12.1 Å². The van der Waals surface area contributed by atoms with Gasteiger partial charge in [0.1, 0.15) is 30.0 Å². The number of nitrogens with one attached hydrogen (secondary N) is 2. The van der Waals surface area contributed by atoms with Gasteiger partial charge in [0, 0.05) is 29.9 Å². The highest BCUT2D eigenvalue weighted by Crippen LogP contribution is 2.25. The van der Waals surface area contributed by atoms with E-state index in [1.165, 1.54) is 23.4 Å². The number of hydrogen-bond donors (Lipinski definition) is 2. The lowest BCUT2D eigenvalue weighted by atomic mass is 10.1. The zero-order valence-corrected chi connectivity index (χ0v) is 14.7. The van der Waals surface area contributed by atoms with Crippen molar-refractivity contribution in [3.63, 3.8) is 0 Å². The summed E-state index contributed by atoms with van der Waals surface area (Å²) >= 11 is 0. The molecule has 1 amide bonds. The normalized spacial score (nSPS) is 10.7. The number of benzene rings is 1. The topological polar surface area (TPSA) is 101 Å². The summed E-state index contributed by atoms with van der Waals surface area (Å²) in [5.41, 5.74) is 3.23. The lowest BCUT2D eigenvalue weighted by Gasteiger charge is -2.19. The highest BCUT2D eigenvalue weighted by atomic mass is 19.1. The summed E-state index contributed by atoms with van der Waals surface area (Å²) < 4.78 is 13.1. The van der Waals surface area contributed by atoms with Crippen molar-refractivity contribution >= 4 is 16.9 Å². The molecule has 2 N–H and O–H groups in total. The molecular formula is C20H15FN6O. The van der Waals surface area contributed by atoms with E-state index < -0.39 is 0 Å². The van der Waals surface area contributed by atoms with Gasteiger partial charge in [-0.15, -0.1) is 0 Å². The molecule has 28 heavy (non-hydrogen) atoms. The standard InChI is InChI=1S/C20H15FN6O/c21-15-3-1-13(2-4-15)11-27(8-6-22)20(28)17-9-14(10-24-17)18-16-5-7-23-19(16)26-12-25-18/h1-5,7,9-10,12,24H,8,11H2,(H,23,25,26). The zero-order valence-electron chi connectivity index (χ0n) is 14.7. The maximum absolute atomic E-state index is 13.1. The summed E-state index contributed by atoms with van der Waals surface area (Å²) in [6, 6.07) is 11.4. The summed E-state index contributed by atoms with van der Waals surface area (Å²) in [6.45, 7) is 0.122. The number of carbonyl (C=O) groups excluding carboxylic acids is 1. The molecule has 138 valence electrons. The molecule has 0 spiro atoms. The number of H-pyrrole nitrogens is 2. The minimum absolute atomic E-state index is 0.0832. The monoisotopic (exact) mass is 374 g/mol. The quantitative estimate of drug-likeness (QED) is 0.524. The molecule has 8 heteroatoms. The van der Waals surface area contributed by atoms with E-state index in [-0.39, 0.29) is 24.8 Å². The molecule has 0 radical (unpaired) electrons. The predicted octanol–water partition coefficient (Wildman–Crippen LogP) is 3.26. The minimum atomic E-state index is -0.350. The Labute approximate surface area is 159 Å². The van der Waals surface area contributed by atoms with Gasteiger partial charge < -0.3 is 14.9 Å². The van der Waals surface area contributed by atoms with Crippen molar-refractivity contribution in [2.45, 2.75) is 6.54 Å². The van der Waals surface area contributed by atoms with Crippen LogP contribution in [0.15, 0.2) is 55.1 Å². The summed E-state index contributed by atoms with van der Waals surface area (Å²) in [5.74, 6) is -0.673. The molecule has 4 aromatic rings. The van der Waals surface area contributed by atoms with E-state index in [9.17, 15) is 9.18 Å². The van der Waals surface area contributed by atoms with Crippen LogP contribution in [0.2, 0.25) is 0 Å². The Morgan fingerprint density at radius 2 is 2.00 bits per heavy atom. The van der Waals surface area contributed by atoms with Crippen LogP contribution in [0.4, 0.5) is 4.39 Å². The van der Waals surface area contributed by atoms with Crippen LogP contribution in [0.3, 0.4) is 0 Å². The molecule has 0 aliphatic rings. The van der Waals surface area contributed by atoms with Gasteiger partial charge in [0.15, 0.2) is 0 Å². The maximum Gasteiger partial charge on any atom is 0.271 e. The van der Waals surface area contributed by atoms with E-state index in [2.05, 4.69) is 19.9 Å². The van der Waals surface area contributed by atoms with Gasteiger partial charge in [-0.25, -0.2) is 14.4 Å². The first-order chi connectivity index (χ1) is 13.7. The van der Waals surface area contributed by atoms with Crippen LogP contribution in [-0.2, 0) is 6.54 Å². The number of carbonyl (C=O) groups is 1. The number of nitrogens with zero attached hydrogens (tertiary/aromatic N) is 4. The Kier molecular flexibility index (Phi) is 4.56. The van der Waals surface area contributed by atoms with Crippen molar-refractivity contribution in [3.8, 4) is 17.3 Å². The van der Waals surface area contributed by atoms with Crippen LogP contribution < -0.4 is 0 Å². The smallest absolute Gasteiger partial charge is 0.271 e. The van der Waals surface area contributed by atoms with Crippen LogP contribution in [0, 0.1) is 17.1 Å². The maximum atomic E-state index is 13.1. The van der Waals surface area contributed by atoms with Crippen molar-refractivity contribution in [1.29, 1.82) is 5.26 Å². The first-order valence-corrected chi connectivity index (χ1v) is 8.53. The van der Waals surface area contributed by atoms with E-state index >= 15 is 0 Å². The Bertz CT molecular complexity index is 1170. The molecule has 0 saturated heterocycles. The van der Waals surface area contributed by atoms with Gasteiger partial charge in [0.05, 0.1) is 11.8 Å². The molecule has 0 unspecified atom stereocenters. The predicted molar refractivity (Wildman–Crippen MR) is 100 cm³/mol. The van der Waals surface area contributed by atoms with E-state index in [0.29, 0.717) is 17.0 Å². The summed E-state index contributed by atoms with van der Waals surface area (Å²) in [6.07, 6.45) is 4.93. The minimum Gasteiger partial charge on any atom is -0.357 e. The summed E-state index contributed by atoms with van der Waals surface area (Å²) in [7, 11) is 0. The number of hydrogen-bond acceptors (Lipinski definition) is 4. The highest BCUT2D eigenvalue weighted by molar-refractivity contribution is 5.96. The van der Waals surface area contributed by atoms with E-state index in [1.54, 1.807) is 30.6 Å². The third-order valence-electron chi connectivity index (χ3n) is 4.38. The first kappa shape index (κ1) is 17.4. The van der Waals surface area contributed by atoms with Gasteiger partial charge >= 0.3 is 0 Å². The van der Waals surface area contributed by atoms with Crippen LogP contribution >= 0.6 is 0 Å². The average molecular weight is 374 g/mol. The van der Waals surface area contributed by atoms with Gasteiger partial charge in [0.2, 0.25) is 0 Å². The molecule has 1 aromatic carbocycles. The molecule has 3 heterocycles. The lowest BCUT2D eigenvalue weighted by molar-refractivity contribution is 0.0760. The number of aromatic amines is 2. The molecular weight excluding hydrogens is 359 g/mol. The fourth-order valence-electron chi connectivity index (χ4n) is 3.02. The Hall–Kier alpha value is -3.99. The molecule has 7 nitrogen and oxygen atoms in total. The highest BCUT2D eigenvalue weighted by Gasteiger charge is 2.19. The summed E-state index contributed by atoms with van der Waals surface area (Å²) in [5, 5.41) is 9.95. The molecule has 0 atom stereocenters. The zero-order chi connectivity index (χ0) is 19.5. The van der Waals surface area contributed by atoms with Gasteiger partial charge in [-0.3, -0.25) is 4.79 Å². The molecule has 0 aliphatic carbocycles. The van der Waals surface area contributed by atoms with Crippen LogP contribution in [0.5, 0.6) is 0 Å². The van der Waals surface area contributed by atoms with Crippen molar-refractivity contribution in [3.05, 3.63) is 72.2 Å². The van der Waals surface area contributed by atoms with Crippen LogP contribution in [-0.4, -0.2) is 37.3 Å². The fourth-order valence-corrected chi connectivity index (χ4v) is 3.02. The van der Waals surface area contributed by atoms with Crippen LogP contribution in [0.1, 0.15) is 16.1 Å². The van der Waals surface area contributed by atoms with Gasteiger partial charge in [-0.2, -0.15) is 5.26 Å². The van der Waals surface area contributed by atoms with Gasteiger partial charge in [-0.1, -0.05) is 12.1 Å². The van der Waals surface area contributed by atoms with Crippen LogP contribution in [0.25, 0.3) is 22.3 Å². The molecule has 0 fully saturated rings. The third-order valence-corrected chi connectivity index (χ3v) is 4.38. The number of nitriles is 1. The van der Waals surface area contributed by atoms with Crippen molar-refractivity contribution in [2.24, 2.45) is 0 Å². The second-order valence-electron chi connectivity index (χ2n) is 6.21. The van der Waals surface area contributed by atoms with Crippen molar-refractivity contribution in [1.82, 2.24) is 24.8 Å². The second-order valence-corrected chi connectivity index (χ2v) is 6.21. The van der Waals surface area contributed by atoms with Crippen molar-refractivity contribution < 1.29 is 9.18 Å². The Morgan fingerprint density at radius 1 is 1.18 bits per heavy atom. The molecule has 3 aromatic heterocycles.